The van der Waals surface area contributed by atoms with Gasteiger partial charge in [-0.15, -0.1) is 0 Å². The first-order valence-electron chi connectivity index (χ1n) is 47.3. The number of hydrogen-bond acceptors (Lipinski definition) is 18. The number of amides is 1. The van der Waals surface area contributed by atoms with E-state index in [4.69, 9.17) is 28.4 Å². The van der Waals surface area contributed by atoms with E-state index in [2.05, 4.69) is 129 Å². The summed E-state index contributed by atoms with van der Waals surface area (Å²) in [6.45, 7) is 1.66. The van der Waals surface area contributed by atoms with E-state index in [9.17, 15) is 61.0 Å². The van der Waals surface area contributed by atoms with E-state index in [0.717, 1.165) is 116 Å². The van der Waals surface area contributed by atoms with E-state index in [1.54, 1.807) is 6.08 Å². The zero-order chi connectivity index (χ0) is 84.5. The number of nitrogens with one attached hydrogen (secondary N) is 1. The minimum absolute atomic E-state index is 0.233. The summed E-state index contributed by atoms with van der Waals surface area (Å²) in [4.78, 5) is 13.5. The third kappa shape index (κ3) is 53.8. The molecule has 19 nitrogen and oxygen atoms in total. The van der Waals surface area contributed by atoms with Gasteiger partial charge < -0.3 is 89.9 Å². The van der Waals surface area contributed by atoms with Gasteiger partial charge in [-0.3, -0.25) is 4.79 Å². The Kier molecular flexibility index (Phi) is 69.6. The number of carbonyl (C=O) groups excluding carboxylic acids is 1. The molecule has 3 rings (SSSR count). The molecule has 3 heterocycles. The van der Waals surface area contributed by atoms with E-state index in [1.807, 2.05) is 6.08 Å². The average Bonchev–Trinajstić information content (AvgIpc) is 0.777. The van der Waals surface area contributed by atoms with E-state index < -0.39 is 124 Å². The van der Waals surface area contributed by atoms with Crippen molar-refractivity contribution in [3.63, 3.8) is 0 Å². The zero-order valence-corrected chi connectivity index (χ0v) is 73.2. The number of hydrogen-bond donors (Lipinski definition) is 12. The third-order valence-corrected chi connectivity index (χ3v) is 22.8. The van der Waals surface area contributed by atoms with Crippen molar-refractivity contribution in [3.05, 3.63) is 122 Å². The largest absolute Gasteiger partial charge is 0.394 e. The minimum Gasteiger partial charge on any atom is -0.394 e. The maximum atomic E-state index is 13.5. The standard InChI is InChI=1S/C98H171NO18/c1-3-5-7-9-11-13-15-17-19-21-23-25-27-29-31-33-35-37-38-39-40-41-42-44-46-48-50-52-54-56-58-60-62-64-66-68-70-72-74-76-86(104)99-81(82(103)75-73-71-69-67-65-63-61-59-57-55-53-51-49-47-45-43-36-34-32-30-28-26-24-22-20-18-16-14-12-10-8-6-4-2)80-112-96-92(110)89(107)94(84(78-101)114-96)117-98-93(111)90(108)95(85(79-102)115-98)116-97-91(109)88(106)87(105)83(77-100)113-97/h5,7,11,13,17,19,23,25,29,31,35,37,39-40,42,44,48,50,73,75,81-85,87-98,100-103,105-111H,3-4,6,8-10,12,14-16,18,20-22,24,26-28,30,32-34,36,38,41,43,45-47,49,51-72,74,76-80H2,1-2H3,(H,99,104)/b7-5-,13-11-,19-17-,25-23-,31-29-,37-35-,40-39-,44-42-,50-48-,75-73+. The Morgan fingerprint density at radius 3 is 0.923 bits per heavy atom. The number of ether oxygens (including phenoxy) is 6. The molecule has 17 unspecified atom stereocenters. The fraction of sp³-hybridized carbons (Fsp3) is 0.786. The lowest BCUT2D eigenvalue weighted by atomic mass is 9.96. The molecular weight excluding hydrogens is 1480 g/mol. The third-order valence-electron chi connectivity index (χ3n) is 22.8. The van der Waals surface area contributed by atoms with Crippen molar-refractivity contribution in [2.75, 3.05) is 26.4 Å². The number of carbonyl (C=O) groups is 1. The smallest absolute Gasteiger partial charge is 0.220 e. The summed E-state index contributed by atoms with van der Waals surface area (Å²) in [5, 5.41) is 121. The van der Waals surface area contributed by atoms with Gasteiger partial charge in [0, 0.05) is 6.42 Å². The Balaban J connectivity index is 1.32. The maximum absolute atomic E-state index is 13.5. The molecule has 676 valence electrons. The molecule has 17 atom stereocenters. The first-order valence-corrected chi connectivity index (χ1v) is 47.3. The SMILES string of the molecule is CC/C=C\C/C=C\C/C=C\C/C=C\C/C=C\C/C=C\C/C=C\C/C=C\C/C=C\CCCCCCCCCCCCCC(=O)NC(COC1OC(CO)C(OC2OC(CO)C(OC3OC(CO)C(O)C(O)C3O)C(O)C2O)C(O)C1O)C(O)/C=C/CCCCCCCCCCCCCCCCCCCCCCCCCCCCCCCCC. The molecule has 12 N–H and O–H groups in total. The molecule has 0 aromatic rings. The van der Waals surface area contributed by atoms with E-state index >= 15 is 0 Å². The summed E-state index contributed by atoms with van der Waals surface area (Å²) < 4.78 is 34.6. The highest BCUT2D eigenvalue weighted by atomic mass is 16.8. The highest BCUT2D eigenvalue weighted by Crippen LogP contribution is 2.34. The van der Waals surface area contributed by atoms with Gasteiger partial charge in [0.2, 0.25) is 5.91 Å². The Morgan fingerprint density at radius 2 is 0.590 bits per heavy atom. The van der Waals surface area contributed by atoms with Crippen molar-refractivity contribution in [3.8, 4) is 0 Å². The van der Waals surface area contributed by atoms with Crippen molar-refractivity contribution in [2.45, 2.75) is 465 Å². The number of aliphatic hydroxyl groups excluding tert-OH is 11. The normalized spacial score (nSPS) is 24.9. The van der Waals surface area contributed by atoms with Crippen molar-refractivity contribution in [1.82, 2.24) is 5.32 Å². The van der Waals surface area contributed by atoms with Gasteiger partial charge in [-0.1, -0.05) is 386 Å². The quantitative estimate of drug-likeness (QED) is 0.0199. The van der Waals surface area contributed by atoms with E-state index in [-0.39, 0.29) is 18.9 Å². The van der Waals surface area contributed by atoms with Crippen LogP contribution in [0.15, 0.2) is 122 Å². The second-order valence-corrected chi connectivity index (χ2v) is 33.1. The fourth-order valence-corrected chi connectivity index (χ4v) is 15.3. The maximum Gasteiger partial charge on any atom is 0.220 e. The van der Waals surface area contributed by atoms with Crippen LogP contribution in [0.5, 0.6) is 0 Å². The minimum atomic E-state index is -1.98. The molecule has 0 aromatic carbocycles. The van der Waals surface area contributed by atoms with Crippen molar-refractivity contribution in [1.29, 1.82) is 0 Å². The molecule has 3 fully saturated rings. The van der Waals surface area contributed by atoms with Crippen LogP contribution in [0.4, 0.5) is 0 Å². The topological polar surface area (TPSA) is 307 Å². The van der Waals surface area contributed by atoms with Crippen LogP contribution in [0.25, 0.3) is 0 Å². The summed E-state index contributed by atoms with van der Waals surface area (Å²) in [7, 11) is 0. The molecule has 19 heteroatoms. The average molecular weight is 1650 g/mol. The van der Waals surface area contributed by atoms with Crippen LogP contribution in [0.1, 0.15) is 361 Å². The van der Waals surface area contributed by atoms with Crippen molar-refractivity contribution in [2.24, 2.45) is 0 Å². The second kappa shape index (κ2) is 75.9. The van der Waals surface area contributed by atoms with Crippen LogP contribution in [-0.4, -0.2) is 193 Å². The predicted molar refractivity (Wildman–Crippen MR) is 475 cm³/mol. The van der Waals surface area contributed by atoms with E-state index in [1.165, 1.54) is 218 Å². The van der Waals surface area contributed by atoms with Crippen molar-refractivity contribution < 1.29 is 89.4 Å². The highest BCUT2D eigenvalue weighted by molar-refractivity contribution is 5.76. The molecule has 0 aliphatic carbocycles. The number of allylic oxidation sites excluding steroid dienone is 19. The Labute approximate surface area is 709 Å². The fourth-order valence-electron chi connectivity index (χ4n) is 15.3. The molecule has 0 saturated carbocycles. The molecule has 117 heavy (non-hydrogen) atoms. The van der Waals surface area contributed by atoms with Gasteiger partial charge in [-0.2, -0.15) is 0 Å². The molecule has 0 radical (unpaired) electrons. The first-order chi connectivity index (χ1) is 57.3. The Bertz CT molecular complexity index is 2590. The lowest BCUT2D eigenvalue weighted by molar-refractivity contribution is -0.379. The lowest BCUT2D eigenvalue weighted by Crippen LogP contribution is -2.66. The van der Waals surface area contributed by atoms with Crippen LogP contribution in [0.2, 0.25) is 0 Å². The molecule has 0 aromatic heterocycles. The van der Waals surface area contributed by atoms with Crippen LogP contribution >= 0.6 is 0 Å². The Morgan fingerprint density at radius 1 is 0.316 bits per heavy atom. The van der Waals surface area contributed by atoms with Gasteiger partial charge in [0.1, 0.15) is 73.2 Å². The summed E-state index contributed by atoms with van der Waals surface area (Å²) >= 11 is 0. The second-order valence-electron chi connectivity index (χ2n) is 33.1. The lowest BCUT2D eigenvalue weighted by Gasteiger charge is -2.48. The summed E-state index contributed by atoms with van der Waals surface area (Å²) in [5.41, 5.74) is 0. The van der Waals surface area contributed by atoms with Gasteiger partial charge in [0.25, 0.3) is 0 Å². The van der Waals surface area contributed by atoms with Crippen molar-refractivity contribution >= 4 is 5.91 Å². The van der Waals surface area contributed by atoms with Gasteiger partial charge >= 0.3 is 0 Å². The van der Waals surface area contributed by atoms with Crippen LogP contribution in [0.3, 0.4) is 0 Å². The molecular formula is C98H171NO18. The Hall–Kier alpha value is -3.81. The molecule has 1 amide bonds. The number of aliphatic hydroxyl groups is 11. The van der Waals surface area contributed by atoms with Crippen LogP contribution in [-0.2, 0) is 33.2 Å². The summed E-state index contributed by atoms with van der Waals surface area (Å²) in [6.07, 6.45) is 82.0. The molecule has 0 bridgehead atoms. The predicted octanol–water partition coefficient (Wildman–Crippen LogP) is 19.0. The van der Waals surface area contributed by atoms with Crippen LogP contribution < -0.4 is 5.32 Å². The molecule has 3 aliphatic rings. The van der Waals surface area contributed by atoms with E-state index in [0.29, 0.717) is 6.42 Å². The number of rotatable bonds is 76. The highest BCUT2D eigenvalue weighted by Gasteiger charge is 2.54. The van der Waals surface area contributed by atoms with Gasteiger partial charge in [-0.05, 0) is 89.9 Å². The van der Waals surface area contributed by atoms with Crippen LogP contribution in [0, 0.1) is 0 Å². The monoisotopic (exact) mass is 1650 g/mol. The molecule has 0 spiro atoms. The number of unbranched alkanes of at least 4 members (excludes halogenated alkanes) is 42. The summed E-state index contributed by atoms with van der Waals surface area (Å²) in [5.74, 6) is -0.279. The first kappa shape index (κ1) is 107. The molecule has 3 aliphatic heterocycles. The van der Waals surface area contributed by atoms with Gasteiger partial charge in [0.05, 0.1) is 38.6 Å². The molecule has 3 saturated heterocycles. The van der Waals surface area contributed by atoms with Gasteiger partial charge in [-0.25, -0.2) is 0 Å². The van der Waals surface area contributed by atoms with Gasteiger partial charge in [0.15, 0.2) is 18.9 Å². The zero-order valence-electron chi connectivity index (χ0n) is 73.2. The summed E-state index contributed by atoms with van der Waals surface area (Å²) in [6, 6.07) is -0.985.